The fourth-order valence-corrected chi connectivity index (χ4v) is 4.31. The van der Waals surface area contributed by atoms with Crippen molar-refractivity contribution in [3.63, 3.8) is 0 Å². The summed E-state index contributed by atoms with van der Waals surface area (Å²) in [5.74, 6) is 0.0756. The zero-order chi connectivity index (χ0) is 20.1. The molecule has 1 atom stereocenters. The largest absolute Gasteiger partial charge is 0.368 e. The lowest BCUT2D eigenvalue weighted by Crippen LogP contribution is -2.52. The number of ketones is 1. The molecule has 0 bridgehead atoms. The van der Waals surface area contributed by atoms with Gasteiger partial charge < -0.3 is 20.0 Å². The number of carbonyl (C=O) groups is 2. The summed E-state index contributed by atoms with van der Waals surface area (Å²) in [4.78, 5) is 31.5. The Hall–Kier alpha value is -2.38. The number of thiophene rings is 1. The molecule has 7 heteroatoms. The lowest BCUT2D eigenvalue weighted by atomic mass is 10.1. The van der Waals surface area contributed by atoms with Gasteiger partial charge in [0.05, 0.1) is 6.04 Å². The zero-order valence-electron chi connectivity index (χ0n) is 16.7. The first-order valence-corrected chi connectivity index (χ1v) is 10.4. The van der Waals surface area contributed by atoms with Gasteiger partial charge in [-0.1, -0.05) is 6.07 Å². The molecule has 3 rings (SSSR count). The summed E-state index contributed by atoms with van der Waals surface area (Å²) in [5, 5.41) is 5.16. The van der Waals surface area contributed by atoms with Crippen LogP contribution in [-0.2, 0) is 0 Å². The number of urea groups is 1. The molecule has 1 aliphatic rings. The first kappa shape index (κ1) is 20.4. The third kappa shape index (κ3) is 4.91. The molecule has 0 radical (unpaired) electrons. The Labute approximate surface area is 170 Å². The number of nitrogens with one attached hydrogen (secondary N) is 1. The van der Waals surface area contributed by atoms with Gasteiger partial charge in [-0.25, -0.2) is 4.79 Å². The van der Waals surface area contributed by atoms with E-state index in [0.29, 0.717) is 19.6 Å². The standard InChI is InChI=1S/C21H28N4O2S/c1-16(26)17-6-8-18(9-7-17)24-10-12-25(13-11-24)21(27)22-15-19(23(2)3)20-5-4-14-28-20/h4-9,14,19H,10-13,15H2,1-3H3,(H,22,27). The maximum absolute atomic E-state index is 12.6. The second-order valence-electron chi connectivity index (χ2n) is 7.26. The van der Waals surface area contributed by atoms with E-state index in [1.165, 1.54) is 4.88 Å². The molecule has 2 heterocycles. The number of piperazine rings is 1. The Bertz CT molecular complexity index is 781. The van der Waals surface area contributed by atoms with E-state index >= 15 is 0 Å². The topological polar surface area (TPSA) is 55.9 Å². The second-order valence-corrected chi connectivity index (χ2v) is 8.24. The Morgan fingerprint density at radius 3 is 2.32 bits per heavy atom. The summed E-state index contributed by atoms with van der Waals surface area (Å²) in [7, 11) is 4.07. The van der Waals surface area contributed by atoms with Crippen molar-refractivity contribution in [2.75, 3.05) is 51.7 Å². The van der Waals surface area contributed by atoms with Crippen molar-refractivity contribution in [2.24, 2.45) is 0 Å². The third-order valence-corrected chi connectivity index (χ3v) is 6.12. The maximum atomic E-state index is 12.6. The highest BCUT2D eigenvalue weighted by Crippen LogP contribution is 2.22. The number of rotatable bonds is 6. The zero-order valence-corrected chi connectivity index (χ0v) is 17.5. The first-order valence-electron chi connectivity index (χ1n) is 9.54. The average Bonchev–Trinajstić information content (AvgIpc) is 3.22. The summed E-state index contributed by atoms with van der Waals surface area (Å²) >= 11 is 1.71. The molecule has 150 valence electrons. The van der Waals surface area contributed by atoms with Crippen molar-refractivity contribution >= 4 is 28.8 Å². The number of amides is 2. The molecule has 0 saturated carbocycles. The number of anilines is 1. The number of hydrogen-bond donors (Lipinski definition) is 1. The van der Waals surface area contributed by atoms with Gasteiger partial charge in [0, 0.05) is 48.9 Å². The molecular formula is C21H28N4O2S. The molecule has 28 heavy (non-hydrogen) atoms. The number of Topliss-reactive ketones (excluding diaryl/α,β-unsaturated/α-hetero) is 1. The highest BCUT2D eigenvalue weighted by molar-refractivity contribution is 7.10. The predicted molar refractivity (Wildman–Crippen MR) is 114 cm³/mol. The Kier molecular flexibility index (Phi) is 6.70. The summed E-state index contributed by atoms with van der Waals surface area (Å²) < 4.78 is 0. The molecular weight excluding hydrogens is 372 g/mol. The highest BCUT2D eigenvalue weighted by atomic mass is 32.1. The summed E-state index contributed by atoms with van der Waals surface area (Å²) in [6, 6.07) is 12.0. The molecule has 6 nitrogen and oxygen atoms in total. The van der Waals surface area contributed by atoms with Crippen molar-refractivity contribution in [3.05, 3.63) is 52.2 Å². The van der Waals surface area contributed by atoms with Crippen molar-refractivity contribution in [1.82, 2.24) is 15.1 Å². The van der Waals surface area contributed by atoms with Gasteiger partial charge in [-0.05, 0) is 56.7 Å². The van der Waals surface area contributed by atoms with E-state index < -0.39 is 0 Å². The van der Waals surface area contributed by atoms with Crippen LogP contribution in [0.2, 0.25) is 0 Å². The number of nitrogens with zero attached hydrogens (tertiary/aromatic N) is 3. The molecule has 1 aromatic heterocycles. The summed E-state index contributed by atoms with van der Waals surface area (Å²) in [5.41, 5.74) is 1.82. The third-order valence-electron chi connectivity index (χ3n) is 5.15. The second kappa shape index (κ2) is 9.21. The minimum atomic E-state index is -0.00464. The van der Waals surface area contributed by atoms with Crippen LogP contribution in [-0.4, -0.2) is 68.4 Å². The van der Waals surface area contributed by atoms with E-state index in [-0.39, 0.29) is 17.9 Å². The molecule has 1 aromatic carbocycles. The van der Waals surface area contributed by atoms with Crippen molar-refractivity contribution < 1.29 is 9.59 Å². The minimum Gasteiger partial charge on any atom is -0.368 e. The number of benzene rings is 1. The molecule has 1 fully saturated rings. The van der Waals surface area contributed by atoms with Gasteiger partial charge in [-0.2, -0.15) is 0 Å². The molecule has 2 amide bonds. The van der Waals surface area contributed by atoms with Crippen molar-refractivity contribution in [2.45, 2.75) is 13.0 Å². The van der Waals surface area contributed by atoms with Crippen molar-refractivity contribution in [1.29, 1.82) is 0 Å². The molecule has 1 aliphatic heterocycles. The van der Waals surface area contributed by atoms with Gasteiger partial charge in [0.1, 0.15) is 0 Å². The molecule has 1 N–H and O–H groups in total. The van der Waals surface area contributed by atoms with Gasteiger partial charge in [-0.3, -0.25) is 4.79 Å². The van der Waals surface area contributed by atoms with E-state index in [0.717, 1.165) is 24.3 Å². The number of carbonyl (C=O) groups excluding carboxylic acids is 2. The molecule has 1 saturated heterocycles. The average molecular weight is 401 g/mol. The van der Waals surface area contributed by atoms with E-state index in [1.54, 1.807) is 18.3 Å². The first-order chi connectivity index (χ1) is 13.5. The molecule has 2 aromatic rings. The number of likely N-dealkylation sites (N-methyl/N-ethyl adjacent to an activating group) is 1. The number of hydrogen-bond acceptors (Lipinski definition) is 5. The van der Waals surface area contributed by atoms with E-state index in [4.69, 9.17) is 0 Å². The minimum absolute atomic E-state index is 0.00464. The molecule has 0 spiro atoms. The van der Waals surface area contributed by atoms with E-state index in [1.807, 2.05) is 49.3 Å². The fraction of sp³-hybridized carbons (Fsp3) is 0.429. The smallest absolute Gasteiger partial charge is 0.317 e. The summed E-state index contributed by atoms with van der Waals surface area (Å²) in [6.07, 6.45) is 0. The lowest BCUT2D eigenvalue weighted by Gasteiger charge is -2.36. The van der Waals surface area contributed by atoms with Gasteiger partial charge >= 0.3 is 6.03 Å². The van der Waals surface area contributed by atoms with E-state index in [2.05, 4.69) is 26.6 Å². The van der Waals surface area contributed by atoms with Crippen LogP contribution in [0.25, 0.3) is 0 Å². The Morgan fingerprint density at radius 1 is 1.11 bits per heavy atom. The van der Waals surface area contributed by atoms with Crippen LogP contribution in [0.1, 0.15) is 28.2 Å². The fourth-order valence-electron chi connectivity index (χ4n) is 3.39. The van der Waals surface area contributed by atoms with Crippen LogP contribution in [0, 0.1) is 0 Å². The molecule has 0 aliphatic carbocycles. The highest BCUT2D eigenvalue weighted by Gasteiger charge is 2.23. The van der Waals surface area contributed by atoms with Gasteiger partial charge in [0.2, 0.25) is 0 Å². The quantitative estimate of drug-likeness (QED) is 0.757. The normalized spacial score (nSPS) is 15.6. The van der Waals surface area contributed by atoms with E-state index in [9.17, 15) is 9.59 Å². The molecule has 1 unspecified atom stereocenters. The SMILES string of the molecule is CC(=O)c1ccc(N2CCN(C(=O)NCC(c3cccs3)N(C)C)CC2)cc1. The van der Waals surface area contributed by atoms with Crippen LogP contribution >= 0.6 is 11.3 Å². The van der Waals surface area contributed by atoms with Crippen LogP contribution in [0.5, 0.6) is 0 Å². The summed E-state index contributed by atoms with van der Waals surface area (Å²) in [6.45, 7) is 5.12. The van der Waals surface area contributed by atoms with Crippen LogP contribution < -0.4 is 10.2 Å². The van der Waals surface area contributed by atoms with Crippen LogP contribution in [0.4, 0.5) is 10.5 Å². The van der Waals surface area contributed by atoms with Gasteiger partial charge in [0.15, 0.2) is 5.78 Å². The Balaban J connectivity index is 1.50. The lowest BCUT2D eigenvalue weighted by molar-refractivity contribution is 0.101. The Morgan fingerprint density at radius 2 is 1.79 bits per heavy atom. The monoisotopic (exact) mass is 400 g/mol. The predicted octanol–water partition coefficient (Wildman–Crippen LogP) is 3.09. The van der Waals surface area contributed by atoms with Crippen molar-refractivity contribution in [3.8, 4) is 0 Å². The van der Waals surface area contributed by atoms with Crippen LogP contribution in [0.3, 0.4) is 0 Å². The van der Waals surface area contributed by atoms with Gasteiger partial charge in [-0.15, -0.1) is 11.3 Å². The van der Waals surface area contributed by atoms with Crippen LogP contribution in [0.15, 0.2) is 41.8 Å². The van der Waals surface area contributed by atoms with Gasteiger partial charge in [0.25, 0.3) is 0 Å². The maximum Gasteiger partial charge on any atom is 0.317 e.